The SMILES string of the molecule is COc1c(C(=O)N(O)O)cc(Cc2ccccc2)c(C23CC4CC(CC(C4)C2)C3)c1OC. The maximum absolute atomic E-state index is 12.6. The number of methoxy groups -OCH3 is 2. The van der Waals surface area contributed by atoms with E-state index in [-0.39, 0.29) is 22.0 Å². The predicted octanol–water partition coefficient (Wildman–Crippen LogP) is 4.98. The van der Waals surface area contributed by atoms with Crippen LogP contribution in [-0.4, -0.2) is 35.8 Å². The highest BCUT2D eigenvalue weighted by molar-refractivity contribution is 5.97. The number of nitrogens with zero attached hydrogens (tertiary/aromatic N) is 1. The third kappa shape index (κ3) is 3.46. The van der Waals surface area contributed by atoms with Crippen molar-refractivity contribution in [3.8, 4) is 11.5 Å². The maximum Gasteiger partial charge on any atom is 0.307 e. The van der Waals surface area contributed by atoms with Gasteiger partial charge in [0.1, 0.15) is 0 Å². The fraction of sp³-hybridized carbons (Fsp3) is 0.500. The van der Waals surface area contributed by atoms with Crippen LogP contribution in [-0.2, 0) is 11.8 Å². The number of amides is 1. The van der Waals surface area contributed by atoms with Crippen molar-refractivity contribution in [3.63, 3.8) is 0 Å². The van der Waals surface area contributed by atoms with Crippen molar-refractivity contribution in [3.05, 3.63) is 58.7 Å². The fourth-order valence-corrected chi connectivity index (χ4v) is 7.31. The molecule has 2 N–H and O–H groups in total. The molecule has 4 aliphatic carbocycles. The van der Waals surface area contributed by atoms with Crippen molar-refractivity contribution >= 4 is 5.91 Å². The predicted molar refractivity (Wildman–Crippen MR) is 118 cm³/mol. The van der Waals surface area contributed by atoms with E-state index in [0.29, 0.717) is 12.2 Å². The van der Waals surface area contributed by atoms with Crippen LogP contribution in [0.2, 0.25) is 0 Å². The Bertz CT molecular complexity index is 981. The normalized spacial score (nSPS) is 27.9. The Labute approximate surface area is 188 Å². The molecule has 0 radical (unpaired) electrons. The molecule has 0 aromatic heterocycles. The van der Waals surface area contributed by atoms with E-state index in [4.69, 9.17) is 9.47 Å². The minimum absolute atomic E-state index is 0.0111. The molecule has 0 heterocycles. The summed E-state index contributed by atoms with van der Waals surface area (Å²) < 4.78 is 11.6. The van der Waals surface area contributed by atoms with E-state index in [1.165, 1.54) is 26.4 Å². The summed E-state index contributed by atoms with van der Waals surface area (Å²) in [6.07, 6.45) is 8.03. The molecule has 4 aliphatic rings. The summed E-state index contributed by atoms with van der Waals surface area (Å²) >= 11 is 0. The molecule has 1 amide bonds. The number of carbonyl (C=O) groups is 1. The highest BCUT2D eigenvalue weighted by Crippen LogP contribution is 2.63. The highest BCUT2D eigenvalue weighted by atomic mass is 16.8. The zero-order valence-corrected chi connectivity index (χ0v) is 18.7. The lowest BCUT2D eigenvalue weighted by Gasteiger charge is -2.57. The second-order valence-electron chi connectivity index (χ2n) is 9.98. The summed E-state index contributed by atoms with van der Waals surface area (Å²) in [6.45, 7) is 0. The van der Waals surface area contributed by atoms with Crippen molar-refractivity contribution in [2.75, 3.05) is 14.2 Å². The number of hydroxylamine groups is 2. The van der Waals surface area contributed by atoms with Gasteiger partial charge in [-0.2, -0.15) is 0 Å². The molecule has 170 valence electrons. The summed E-state index contributed by atoms with van der Waals surface area (Å²) in [5.41, 5.74) is 3.39. The lowest BCUT2D eigenvalue weighted by molar-refractivity contribution is -0.260. The van der Waals surface area contributed by atoms with Gasteiger partial charge < -0.3 is 9.47 Å². The molecule has 0 atom stereocenters. The van der Waals surface area contributed by atoms with Gasteiger partial charge in [0.2, 0.25) is 0 Å². The number of ether oxygens (including phenoxy) is 2. The quantitative estimate of drug-likeness (QED) is 0.492. The average Bonchev–Trinajstić information content (AvgIpc) is 2.77. The van der Waals surface area contributed by atoms with E-state index < -0.39 is 5.91 Å². The first kappa shape index (κ1) is 21.3. The van der Waals surface area contributed by atoms with Crippen molar-refractivity contribution in [1.29, 1.82) is 0 Å². The molecule has 4 saturated carbocycles. The van der Waals surface area contributed by atoms with Gasteiger partial charge in [0.25, 0.3) is 0 Å². The Morgan fingerprint density at radius 1 is 0.969 bits per heavy atom. The van der Waals surface area contributed by atoms with Crippen LogP contribution in [0.25, 0.3) is 0 Å². The summed E-state index contributed by atoms with van der Waals surface area (Å²) in [4.78, 5) is 12.6. The van der Waals surface area contributed by atoms with Gasteiger partial charge in [0, 0.05) is 11.0 Å². The first-order valence-electron chi connectivity index (χ1n) is 11.5. The topological polar surface area (TPSA) is 79.2 Å². The van der Waals surface area contributed by atoms with Crippen LogP contribution in [0.5, 0.6) is 11.5 Å². The first-order valence-corrected chi connectivity index (χ1v) is 11.5. The minimum atomic E-state index is -0.938. The van der Waals surface area contributed by atoms with Crippen molar-refractivity contribution < 1.29 is 24.7 Å². The average molecular weight is 438 g/mol. The molecular formula is C26H31NO5. The van der Waals surface area contributed by atoms with Crippen molar-refractivity contribution in [2.24, 2.45) is 17.8 Å². The van der Waals surface area contributed by atoms with Gasteiger partial charge in [-0.1, -0.05) is 35.6 Å². The van der Waals surface area contributed by atoms with E-state index >= 15 is 0 Å². The van der Waals surface area contributed by atoms with Crippen molar-refractivity contribution in [2.45, 2.75) is 50.4 Å². The van der Waals surface area contributed by atoms with Gasteiger partial charge in [-0.25, -0.2) is 0 Å². The molecular weight excluding hydrogens is 406 g/mol. The van der Waals surface area contributed by atoms with Gasteiger partial charge in [0.05, 0.1) is 19.8 Å². The molecule has 32 heavy (non-hydrogen) atoms. The molecule has 6 heteroatoms. The van der Waals surface area contributed by atoms with Gasteiger partial charge >= 0.3 is 5.91 Å². The third-order valence-electron chi connectivity index (χ3n) is 7.94. The molecule has 0 unspecified atom stereocenters. The number of benzene rings is 2. The van der Waals surface area contributed by atoms with Crippen LogP contribution in [0.15, 0.2) is 36.4 Å². The largest absolute Gasteiger partial charge is 0.493 e. The molecule has 0 saturated heterocycles. The smallest absolute Gasteiger partial charge is 0.307 e. The zero-order valence-electron chi connectivity index (χ0n) is 18.7. The second kappa shape index (κ2) is 8.09. The summed E-state index contributed by atoms with van der Waals surface area (Å²) in [7, 11) is 3.10. The summed E-state index contributed by atoms with van der Waals surface area (Å²) in [6, 6.07) is 11.9. The highest BCUT2D eigenvalue weighted by Gasteiger charge is 2.53. The molecule has 2 aromatic rings. The first-order chi connectivity index (χ1) is 15.4. The molecule has 0 aliphatic heterocycles. The van der Waals surface area contributed by atoms with E-state index in [1.54, 1.807) is 13.2 Å². The Morgan fingerprint density at radius 2 is 1.53 bits per heavy atom. The van der Waals surface area contributed by atoms with Crippen LogP contribution >= 0.6 is 0 Å². The van der Waals surface area contributed by atoms with Crippen LogP contribution in [0.3, 0.4) is 0 Å². The summed E-state index contributed by atoms with van der Waals surface area (Å²) in [5, 5.41) is 18.6. The van der Waals surface area contributed by atoms with Gasteiger partial charge in [-0.3, -0.25) is 15.2 Å². The number of carbonyl (C=O) groups excluding carboxylic acids is 1. The molecule has 6 rings (SSSR count). The lowest BCUT2D eigenvalue weighted by Crippen LogP contribution is -2.49. The number of hydrogen-bond acceptors (Lipinski definition) is 5. The van der Waals surface area contributed by atoms with Crippen LogP contribution in [0, 0.1) is 17.8 Å². The number of hydrogen-bond donors (Lipinski definition) is 2. The standard InChI is InChI=1S/C26H31NO5/c1-31-23-21(25(28)27(29)30)12-20(11-16-6-4-3-5-7-16)22(24(23)32-2)26-13-17-8-18(14-26)10-19(9-17)15-26/h3-7,12,17-19,29-30H,8-11,13-15H2,1-2H3. The van der Waals surface area contributed by atoms with Gasteiger partial charge in [0.15, 0.2) is 11.5 Å². The van der Waals surface area contributed by atoms with Gasteiger partial charge in [-0.15, -0.1) is 0 Å². The van der Waals surface area contributed by atoms with E-state index in [0.717, 1.165) is 53.7 Å². The number of rotatable bonds is 6. The van der Waals surface area contributed by atoms with Gasteiger partial charge in [-0.05, 0) is 79.9 Å². The van der Waals surface area contributed by atoms with E-state index in [9.17, 15) is 15.2 Å². The van der Waals surface area contributed by atoms with Crippen LogP contribution < -0.4 is 9.47 Å². The summed E-state index contributed by atoms with van der Waals surface area (Å²) in [5.74, 6) is 2.13. The fourth-order valence-electron chi connectivity index (χ4n) is 7.31. The minimum Gasteiger partial charge on any atom is -0.493 e. The zero-order chi connectivity index (χ0) is 22.5. The maximum atomic E-state index is 12.6. The molecule has 6 nitrogen and oxygen atoms in total. The third-order valence-corrected chi connectivity index (χ3v) is 7.94. The van der Waals surface area contributed by atoms with Crippen LogP contribution in [0.4, 0.5) is 0 Å². The Balaban J connectivity index is 1.73. The monoisotopic (exact) mass is 437 g/mol. The second-order valence-corrected chi connectivity index (χ2v) is 9.98. The Morgan fingerprint density at radius 3 is 2.03 bits per heavy atom. The lowest BCUT2D eigenvalue weighted by atomic mass is 9.47. The molecule has 4 bridgehead atoms. The van der Waals surface area contributed by atoms with E-state index in [2.05, 4.69) is 12.1 Å². The van der Waals surface area contributed by atoms with Crippen molar-refractivity contribution in [1.82, 2.24) is 5.23 Å². The molecule has 2 aromatic carbocycles. The Kier molecular flexibility index (Phi) is 5.38. The molecule has 0 spiro atoms. The Hall–Kier alpha value is -2.57. The van der Waals surface area contributed by atoms with Crippen LogP contribution in [0.1, 0.15) is 65.6 Å². The molecule has 4 fully saturated rings. The van der Waals surface area contributed by atoms with E-state index in [1.807, 2.05) is 18.2 Å².